The minimum absolute atomic E-state index is 0.121. The number of benzene rings is 1. The van der Waals surface area contributed by atoms with Crippen LogP contribution in [-0.4, -0.2) is 49.7 Å². The molecule has 0 radical (unpaired) electrons. The lowest BCUT2D eigenvalue weighted by Crippen LogP contribution is -2.48. The van der Waals surface area contributed by atoms with Gasteiger partial charge in [-0.15, -0.1) is 0 Å². The second kappa shape index (κ2) is 6.06. The Labute approximate surface area is 131 Å². The van der Waals surface area contributed by atoms with Gasteiger partial charge in [-0.05, 0) is 32.9 Å². The number of sulfonamides is 1. The smallest absolute Gasteiger partial charge is 0.243 e. The molecule has 0 fully saturated rings. The molecule has 0 saturated carbocycles. The second-order valence-electron chi connectivity index (χ2n) is 6.01. The minimum Gasteiger partial charge on any atom is -0.490 e. The maximum Gasteiger partial charge on any atom is 0.243 e. The van der Waals surface area contributed by atoms with E-state index < -0.39 is 21.7 Å². The van der Waals surface area contributed by atoms with Gasteiger partial charge >= 0.3 is 0 Å². The quantitative estimate of drug-likeness (QED) is 0.908. The van der Waals surface area contributed by atoms with E-state index >= 15 is 0 Å². The van der Waals surface area contributed by atoms with Crippen LogP contribution in [0.4, 0.5) is 0 Å². The molecule has 1 aliphatic heterocycles. The van der Waals surface area contributed by atoms with Gasteiger partial charge in [0.2, 0.25) is 10.0 Å². The molecular weight excluding hydrogens is 306 g/mol. The van der Waals surface area contributed by atoms with Crippen molar-refractivity contribution in [2.24, 2.45) is 0 Å². The fraction of sp³-hybridized carbons (Fsp3) is 0.600. The summed E-state index contributed by atoms with van der Waals surface area (Å²) in [6.45, 7) is 5.87. The van der Waals surface area contributed by atoms with Gasteiger partial charge in [0.1, 0.15) is 0 Å². The van der Waals surface area contributed by atoms with Crippen molar-refractivity contribution in [3.05, 3.63) is 18.2 Å². The van der Waals surface area contributed by atoms with Gasteiger partial charge in [-0.2, -0.15) is 4.31 Å². The summed E-state index contributed by atoms with van der Waals surface area (Å²) in [5.74, 6) is 0.984. The number of ether oxygens (including phenoxy) is 2. The average molecular weight is 329 g/mol. The number of nitrogens with zero attached hydrogens (tertiary/aromatic N) is 1. The summed E-state index contributed by atoms with van der Waals surface area (Å²) < 4.78 is 37.6. The van der Waals surface area contributed by atoms with Gasteiger partial charge in [-0.1, -0.05) is 0 Å². The van der Waals surface area contributed by atoms with Crippen LogP contribution in [0.1, 0.15) is 27.2 Å². The molecule has 1 heterocycles. The Morgan fingerprint density at radius 1 is 1.23 bits per heavy atom. The molecule has 6 nitrogen and oxygen atoms in total. The molecule has 1 aromatic rings. The molecule has 1 atom stereocenters. The number of rotatable bonds is 4. The Kier molecular flexibility index (Phi) is 4.70. The van der Waals surface area contributed by atoms with E-state index in [9.17, 15) is 13.5 Å². The molecule has 0 saturated heterocycles. The molecule has 1 aromatic carbocycles. The van der Waals surface area contributed by atoms with Crippen LogP contribution in [0.5, 0.6) is 11.5 Å². The highest BCUT2D eigenvalue weighted by Crippen LogP contribution is 2.33. The lowest BCUT2D eigenvalue weighted by atomic mass is 10.0. The van der Waals surface area contributed by atoms with Gasteiger partial charge in [0, 0.05) is 19.5 Å². The number of hydrogen-bond donors (Lipinski definition) is 1. The molecule has 0 bridgehead atoms. The molecule has 0 aliphatic carbocycles. The van der Waals surface area contributed by atoms with E-state index in [0.29, 0.717) is 24.7 Å². The SMILES string of the molecule is CC(N(C)S(=O)(=O)c1ccc2c(c1)OCCCO2)C(C)(C)O. The van der Waals surface area contributed by atoms with Crippen molar-refractivity contribution >= 4 is 10.0 Å². The fourth-order valence-electron chi connectivity index (χ4n) is 2.12. The Balaban J connectivity index is 2.36. The number of fused-ring (bicyclic) bond motifs is 1. The lowest BCUT2D eigenvalue weighted by molar-refractivity contribution is 0.0224. The molecular formula is C15H23NO5S. The zero-order valence-corrected chi connectivity index (χ0v) is 14.2. The summed E-state index contributed by atoms with van der Waals surface area (Å²) in [6, 6.07) is 4.00. The maximum absolute atomic E-state index is 12.7. The van der Waals surface area contributed by atoms with Crippen LogP contribution in [0.25, 0.3) is 0 Å². The van der Waals surface area contributed by atoms with Crippen LogP contribution in [0, 0.1) is 0 Å². The van der Waals surface area contributed by atoms with Crippen molar-refractivity contribution in [3.8, 4) is 11.5 Å². The Bertz CT molecular complexity index is 636. The van der Waals surface area contributed by atoms with Crippen molar-refractivity contribution in [1.82, 2.24) is 4.31 Å². The molecule has 1 unspecified atom stereocenters. The van der Waals surface area contributed by atoms with Gasteiger partial charge in [0.05, 0.1) is 29.8 Å². The molecule has 0 aromatic heterocycles. The highest BCUT2D eigenvalue weighted by molar-refractivity contribution is 7.89. The Hall–Kier alpha value is -1.31. The molecule has 1 aliphatic rings. The third-order valence-corrected chi connectivity index (χ3v) is 5.89. The predicted octanol–water partition coefficient (Wildman–Crippen LogP) is 1.63. The summed E-state index contributed by atoms with van der Waals surface area (Å²) in [5, 5.41) is 10.0. The van der Waals surface area contributed by atoms with Gasteiger partial charge < -0.3 is 14.6 Å². The monoisotopic (exact) mass is 329 g/mol. The van der Waals surface area contributed by atoms with Crippen molar-refractivity contribution in [2.45, 2.75) is 43.7 Å². The van der Waals surface area contributed by atoms with E-state index in [0.717, 1.165) is 6.42 Å². The Morgan fingerprint density at radius 3 is 2.41 bits per heavy atom. The van der Waals surface area contributed by atoms with Crippen molar-refractivity contribution < 1.29 is 23.0 Å². The van der Waals surface area contributed by atoms with Crippen LogP contribution in [0.2, 0.25) is 0 Å². The molecule has 0 amide bonds. The molecule has 7 heteroatoms. The van der Waals surface area contributed by atoms with Crippen LogP contribution in [0.15, 0.2) is 23.1 Å². The molecule has 22 heavy (non-hydrogen) atoms. The normalized spacial score (nSPS) is 17.2. The summed E-state index contributed by atoms with van der Waals surface area (Å²) >= 11 is 0. The van der Waals surface area contributed by atoms with E-state index in [4.69, 9.17) is 9.47 Å². The van der Waals surface area contributed by atoms with Crippen molar-refractivity contribution in [3.63, 3.8) is 0 Å². The predicted molar refractivity (Wildman–Crippen MR) is 82.8 cm³/mol. The largest absolute Gasteiger partial charge is 0.490 e. The topological polar surface area (TPSA) is 76.1 Å². The first-order valence-electron chi connectivity index (χ1n) is 7.24. The molecule has 124 valence electrons. The summed E-state index contributed by atoms with van der Waals surface area (Å²) in [7, 11) is -2.27. The zero-order valence-electron chi connectivity index (χ0n) is 13.4. The van der Waals surface area contributed by atoms with Crippen LogP contribution in [-0.2, 0) is 10.0 Å². The third-order valence-electron chi connectivity index (χ3n) is 3.96. The second-order valence-corrected chi connectivity index (χ2v) is 8.01. The molecule has 0 spiro atoms. The number of aliphatic hydroxyl groups is 1. The minimum atomic E-state index is -3.73. The first-order chi connectivity index (χ1) is 10.1. The summed E-state index contributed by atoms with van der Waals surface area (Å²) in [5.41, 5.74) is -1.15. The highest BCUT2D eigenvalue weighted by Gasteiger charge is 2.34. The average Bonchev–Trinajstić information content (AvgIpc) is 2.68. The van der Waals surface area contributed by atoms with E-state index in [1.807, 2.05) is 0 Å². The van der Waals surface area contributed by atoms with Gasteiger partial charge in [0.15, 0.2) is 11.5 Å². The highest BCUT2D eigenvalue weighted by atomic mass is 32.2. The van der Waals surface area contributed by atoms with Gasteiger partial charge in [-0.25, -0.2) is 8.42 Å². The number of likely N-dealkylation sites (N-methyl/N-ethyl adjacent to an activating group) is 1. The van der Waals surface area contributed by atoms with E-state index in [1.54, 1.807) is 26.8 Å². The van der Waals surface area contributed by atoms with E-state index in [2.05, 4.69) is 0 Å². The van der Waals surface area contributed by atoms with Gasteiger partial charge in [-0.3, -0.25) is 0 Å². The van der Waals surface area contributed by atoms with Crippen LogP contribution >= 0.6 is 0 Å². The maximum atomic E-state index is 12.7. The standard InChI is InChI=1S/C15H23NO5S/c1-11(15(2,3)17)16(4)22(18,19)12-6-7-13-14(10-12)21-9-5-8-20-13/h6-7,10-11,17H,5,8-9H2,1-4H3. The molecule has 1 N–H and O–H groups in total. The van der Waals surface area contributed by atoms with Crippen molar-refractivity contribution in [1.29, 1.82) is 0 Å². The number of hydrogen-bond acceptors (Lipinski definition) is 5. The Morgan fingerprint density at radius 2 is 1.82 bits per heavy atom. The van der Waals surface area contributed by atoms with Crippen LogP contribution < -0.4 is 9.47 Å². The van der Waals surface area contributed by atoms with E-state index in [1.165, 1.54) is 23.5 Å². The van der Waals surface area contributed by atoms with Gasteiger partial charge in [0.25, 0.3) is 0 Å². The van der Waals surface area contributed by atoms with E-state index in [-0.39, 0.29) is 4.90 Å². The van der Waals surface area contributed by atoms with Crippen molar-refractivity contribution in [2.75, 3.05) is 20.3 Å². The first-order valence-corrected chi connectivity index (χ1v) is 8.68. The zero-order chi connectivity index (χ0) is 16.5. The fourth-order valence-corrected chi connectivity index (χ4v) is 3.63. The lowest BCUT2D eigenvalue weighted by Gasteiger charge is -2.33. The summed E-state index contributed by atoms with van der Waals surface area (Å²) in [6.07, 6.45) is 0.756. The third kappa shape index (κ3) is 3.37. The first kappa shape index (κ1) is 17.1. The van der Waals surface area contributed by atoms with Crippen LogP contribution in [0.3, 0.4) is 0 Å². The molecule has 2 rings (SSSR count). The summed E-state index contributed by atoms with van der Waals surface area (Å²) in [4.78, 5) is 0.121.